The van der Waals surface area contributed by atoms with Crippen molar-refractivity contribution < 1.29 is 4.79 Å². The summed E-state index contributed by atoms with van der Waals surface area (Å²) in [6, 6.07) is 7.81. The average Bonchev–Trinajstić information content (AvgIpc) is 2.53. The molecule has 1 aromatic rings. The Balaban J connectivity index is 2.16. The summed E-state index contributed by atoms with van der Waals surface area (Å²) in [7, 11) is 1.73. The summed E-state index contributed by atoms with van der Waals surface area (Å²) in [5.74, 6) is 1.70. The third kappa shape index (κ3) is 8.45. The molecule has 0 spiro atoms. The zero-order chi connectivity index (χ0) is 18.0. The minimum absolute atomic E-state index is 0.0478. The van der Waals surface area contributed by atoms with Crippen LogP contribution >= 0.6 is 23.4 Å². The number of halogens is 1. The lowest BCUT2D eigenvalue weighted by Crippen LogP contribution is -2.43. The highest BCUT2D eigenvalue weighted by atomic mass is 35.5. The van der Waals surface area contributed by atoms with E-state index in [0.29, 0.717) is 13.1 Å². The molecule has 0 heterocycles. The van der Waals surface area contributed by atoms with Gasteiger partial charge in [0.25, 0.3) is 0 Å². The smallest absolute Gasteiger partial charge is 0.225 e. The van der Waals surface area contributed by atoms with Gasteiger partial charge in [-0.25, -0.2) is 0 Å². The van der Waals surface area contributed by atoms with Gasteiger partial charge in [-0.1, -0.05) is 32.4 Å². The van der Waals surface area contributed by atoms with Crippen LogP contribution in [0, 0.1) is 5.41 Å². The monoisotopic (exact) mass is 370 g/mol. The second-order valence-electron chi connectivity index (χ2n) is 6.23. The molecule has 0 atom stereocenters. The van der Waals surface area contributed by atoms with Crippen LogP contribution in [0.15, 0.2) is 34.2 Å². The summed E-state index contributed by atoms with van der Waals surface area (Å²) < 4.78 is 0. The first-order valence-corrected chi connectivity index (χ1v) is 9.30. The normalized spacial score (nSPS) is 12.0. The Labute approximate surface area is 154 Å². The van der Waals surface area contributed by atoms with E-state index in [9.17, 15) is 4.79 Å². The molecule has 0 aliphatic rings. The second kappa shape index (κ2) is 10.5. The number of amides is 1. The molecule has 0 aliphatic heterocycles. The SMILES string of the molecule is CN=C(NCCNC(=O)C(C)(C)C)NCCSc1ccc(Cl)cc1. The van der Waals surface area contributed by atoms with Gasteiger partial charge in [-0.3, -0.25) is 9.79 Å². The highest BCUT2D eigenvalue weighted by molar-refractivity contribution is 7.99. The molecule has 0 fully saturated rings. The number of hydrogen-bond donors (Lipinski definition) is 3. The zero-order valence-electron chi connectivity index (χ0n) is 14.8. The van der Waals surface area contributed by atoms with E-state index in [-0.39, 0.29) is 11.3 Å². The van der Waals surface area contributed by atoms with Crippen molar-refractivity contribution in [2.45, 2.75) is 25.7 Å². The topological polar surface area (TPSA) is 65.5 Å². The average molecular weight is 371 g/mol. The van der Waals surface area contributed by atoms with Gasteiger partial charge in [0.15, 0.2) is 5.96 Å². The van der Waals surface area contributed by atoms with Crippen molar-refractivity contribution in [1.82, 2.24) is 16.0 Å². The fourth-order valence-electron chi connectivity index (χ4n) is 1.71. The Morgan fingerprint density at radius 2 is 1.67 bits per heavy atom. The molecule has 3 N–H and O–H groups in total. The molecule has 0 saturated heterocycles. The highest BCUT2D eigenvalue weighted by Crippen LogP contribution is 2.19. The number of benzene rings is 1. The quantitative estimate of drug-likeness (QED) is 0.299. The standard InChI is InChI=1S/C17H27ClN4OS/c1-17(2,3)15(23)20-9-10-21-16(19-4)22-11-12-24-14-7-5-13(18)6-8-14/h5-8H,9-12H2,1-4H3,(H,20,23)(H2,19,21,22). The summed E-state index contributed by atoms with van der Waals surface area (Å²) in [6.07, 6.45) is 0. The number of nitrogens with zero attached hydrogens (tertiary/aromatic N) is 1. The van der Waals surface area contributed by atoms with Gasteiger partial charge in [-0.05, 0) is 24.3 Å². The molecule has 1 amide bonds. The molecule has 134 valence electrons. The number of thioether (sulfide) groups is 1. The molecule has 0 radical (unpaired) electrons. The van der Waals surface area contributed by atoms with Crippen LogP contribution in [0.5, 0.6) is 0 Å². The van der Waals surface area contributed by atoms with Crippen molar-refractivity contribution in [2.24, 2.45) is 10.4 Å². The molecule has 0 aliphatic carbocycles. The maximum Gasteiger partial charge on any atom is 0.225 e. The number of carbonyl (C=O) groups is 1. The summed E-state index contributed by atoms with van der Waals surface area (Å²) in [4.78, 5) is 17.1. The first kappa shape index (κ1) is 20.6. The largest absolute Gasteiger partial charge is 0.356 e. The van der Waals surface area contributed by atoms with E-state index < -0.39 is 0 Å². The fraction of sp³-hybridized carbons (Fsp3) is 0.529. The molecule has 1 rings (SSSR count). The Bertz CT molecular complexity index is 541. The van der Waals surface area contributed by atoms with E-state index in [2.05, 4.69) is 20.9 Å². The van der Waals surface area contributed by atoms with E-state index >= 15 is 0 Å². The van der Waals surface area contributed by atoms with Crippen molar-refractivity contribution >= 4 is 35.2 Å². The van der Waals surface area contributed by atoms with Gasteiger partial charge >= 0.3 is 0 Å². The van der Waals surface area contributed by atoms with Gasteiger partial charge < -0.3 is 16.0 Å². The molecular formula is C17H27ClN4OS. The van der Waals surface area contributed by atoms with Crippen molar-refractivity contribution in [3.8, 4) is 0 Å². The van der Waals surface area contributed by atoms with Crippen LogP contribution in [-0.4, -0.2) is 44.3 Å². The van der Waals surface area contributed by atoms with Gasteiger partial charge in [0, 0.05) is 47.8 Å². The highest BCUT2D eigenvalue weighted by Gasteiger charge is 2.20. The predicted octanol–water partition coefficient (Wildman–Crippen LogP) is 2.76. The van der Waals surface area contributed by atoms with E-state index in [0.717, 1.165) is 23.3 Å². The van der Waals surface area contributed by atoms with Gasteiger partial charge in [0.05, 0.1) is 0 Å². The minimum atomic E-state index is -0.362. The van der Waals surface area contributed by atoms with Gasteiger partial charge in [0.2, 0.25) is 5.91 Å². The summed E-state index contributed by atoms with van der Waals surface area (Å²) in [5.41, 5.74) is -0.362. The lowest BCUT2D eigenvalue weighted by atomic mass is 9.96. The number of aliphatic imine (C=N–C) groups is 1. The van der Waals surface area contributed by atoms with Crippen LogP contribution in [-0.2, 0) is 4.79 Å². The second-order valence-corrected chi connectivity index (χ2v) is 7.84. The summed E-state index contributed by atoms with van der Waals surface area (Å²) in [6.45, 7) is 7.68. The lowest BCUT2D eigenvalue weighted by Gasteiger charge is -2.18. The molecule has 7 heteroatoms. The number of guanidine groups is 1. The van der Waals surface area contributed by atoms with Gasteiger partial charge in [-0.15, -0.1) is 11.8 Å². The zero-order valence-corrected chi connectivity index (χ0v) is 16.4. The molecule has 0 unspecified atom stereocenters. The number of hydrogen-bond acceptors (Lipinski definition) is 3. The van der Waals surface area contributed by atoms with Crippen molar-refractivity contribution in [2.75, 3.05) is 32.4 Å². The fourth-order valence-corrected chi connectivity index (χ4v) is 2.61. The maximum atomic E-state index is 11.7. The van der Waals surface area contributed by atoms with Gasteiger partial charge in [-0.2, -0.15) is 0 Å². The van der Waals surface area contributed by atoms with E-state index in [1.165, 1.54) is 4.90 Å². The third-order valence-corrected chi connectivity index (χ3v) is 4.35. The first-order chi connectivity index (χ1) is 11.3. The Hall–Kier alpha value is -1.40. The van der Waals surface area contributed by atoms with E-state index in [1.807, 2.05) is 45.0 Å². The summed E-state index contributed by atoms with van der Waals surface area (Å²) >= 11 is 7.62. The molecule has 0 aromatic heterocycles. The first-order valence-electron chi connectivity index (χ1n) is 7.94. The maximum absolute atomic E-state index is 11.7. The molecule has 24 heavy (non-hydrogen) atoms. The Kier molecular flexibility index (Phi) is 9.00. The molecule has 1 aromatic carbocycles. The van der Waals surface area contributed by atoms with Crippen LogP contribution in [0.25, 0.3) is 0 Å². The van der Waals surface area contributed by atoms with E-state index in [1.54, 1.807) is 18.8 Å². The predicted molar refractivity (Wildman–Crippen MR) is 104 cm³/mol. The van der Waals surface area contributed by atoms with Crippen molar-refractivity contribution in [3.05, 3.63) is 29.3 Å². The third-order valence-electron chi connectivity index (χ3n) is 3.08. The van der Waals surface area contributed by atoms with Crippen LogP contribution < -0.4 is 16.0 Å². The van der Waals surface area contributed by atoms with Crippen LogP contribution in [0.1, 0.15) is 20.8 Å². The minimum Gasteiger partial charge on any atom is -0.356 e. The van der Waals surface area contributed by atoms with Crippen LogP contribution in [0.2, 0.25) is 5.02 Å². The number of rotatable bonds is 7. The molecule has 5 nitrogen and oxygen atoms in total. The van der Waals surface area contributed by atoms with Crippen LogP contribution in [0.3, 0.4) is 0 Å². The van der Waals surface area contributed by atoms with Crippen LogP contribution in [0.4, 0.5) is 0 Å². The van der Waals surface area contributed by atoms with E-state index in [4.69, 9.17) is 11.6 Å². The van der Waals surface area contributed by atoms with Gasteiger partial charge in [0.1, 0.15) is 0 Å². The molecule has 0 bridgehead atoms. The Morgan fingerprint density at radius 3 is 2.25 bits per heavy atom. The number of nitrogens with one attached hydrogen (secondary N) is 3. The van der Waals surface area contributed by atoms with Crippen molar-refractivity contribution in [3.63, 3.8) is 0 Å². The molecular weight excluding hydrogens is 344 g/mol. The lowest BCUT2D eigenvalue weighted by molar-refractivity contribution is -0.128. The summed E-state index contributed by atoms with van der Waals surface area (Å²) in [5, 5.41) is 10.1. The molecule has 0 saturated carbocycles. The van der Waals surface area contributed by atoms with Crippen molar-refractivity contribution in [1.29, 1.82) is 0 Å². The Morgan fingerprint density at radius 1 is 1.08 bits per heavy atom. The number of carbonyl (C=O) groups excluding carboxylic acids is 1.